The van der Waals surface area contributed by atoms with Crippen molar-refractivity contribution in [2.45, 2.75) is 13.1 Å². The number of hydrogen-bond donors (Lipinski definition) is 2. The molecule has 2 heterocycles. The smallest absolute Gasteiger partial charge is 0.384 e. The van der Waals surface area contributed by atoms with Crippen LogP contribution in [0.1, 0.15) is 11.4 Å². The first-order valence-corrected chi connectivity index (χ1v) is 4.33. The molecule has 2 aromatic rings. The molecular weight excluding hydrogens is 223 g/mol. The monoisotopic (exact) mass is 231 g/mol. The maximum absolute atomic E-state index is 12.3. The molecule has 2 rings (SSSR count). The summed E-state index contributed by atoms with van der Waals surface area (Å²) in [7, 11) is 0. The van der Waals surface area contributed by atoms with E-state index in [1.807, 2.05) is 5.10 Å². The largest absolute Gasteiger partial charge is 0.432 e. The number of nitrogens with one attached hydrogen (secondary N) is 1. The third kappa shape index (κ3) is 1.73. The first-order valence-electron chi connectivity index (χ1n) is 4.33. The lowest BCUT2D eigenvalue weighted by Gasteiger charge is -2.00. The second-order valence-corrected chi connectivity index (χ2v) is 3.26. The van der Waals surface area contributed by atoms with Crippen molar-refractivity contribution >= 4 is 5.82 Å². The second-order valence-electron chi connectivity index (χ2n) is 3.26. The second kappa shape index (κ2) is 3.26. The van der Waals surface area contributed by atoms with E-state index in [1.165, 1.54) is 0 Å². The highest BCUT2D eigenvalue weighted by atomic mass is 19.4. The highest BCUT2D eigenvalue weighted by Crippen LogP contribution is 2.28. The SMILES string of the molecule is Cc1cc(N)n(-c2cc(C(F)(F)F)[nH]n2)n1. The Kier molecular flexibility index (Phi) is 2.14. The summed E-state index contributed by atoms with van der Waals surface area (Å²) in [5.41, 5.74) is 5.23. The van der Waals surface area contributed by atoms with Crippen molar-refractivity contribution < 1.29 is 13.2 Å². The number of H-pyrrole nitrogens is 1. The first-order chi connectivity index (χ1) is 7.38. The molecule has 0 atom stereocenters. The summed E-state index contributed by atoms with van der Waals surface area (Å²) in [6, 6.07) is 2.39. The molecule has 8 heteroatoms. The molecule has 0 radical (unpaired) electrons. The van der Waals surface area contributed by atoms with Crippen molar-refractivity contribution in [3.05, 3.63) is 23.5 Å². The van der Waals surface area contributed by atoms with Crippen LogP contribution < -0.4 is 5.73 Å². The summed E-state index contributed by atoms with van der Waals surface area (Å²) >= 11 is 0. The van der Waals surface area contributed by atoms with Gasteiger partial charge in [-0.15, -0.1) is 0 Å². The van der Waals surface area contributed by atoms with Crippen LogP contribution in [0.15, 0.2) is 12.1 Å². The molecule has 0 unspecified atom stereocenters. The highest BCUT2D eigenvalue weighted by Gasteiger charge is 2.33. The molecule has 16 heavy (non-hydrogen) atoms. The quantitative estimate of drug-likeness (QED) is 0.781. The van der Waals surface area contributed by atoms with Gasteiger partial charge in [0.15, 0.2) is 5.82 Å². The third-order valence-corrected chi connectivity index (χ3v) is 1.95. The molecule has 2 aromatic heterocycles. The van der Waals surface area contributed by atoms with Crippen LogP contribution in [0.4, 0.5) is 19.0 Å². The van der Waals surface area contributed by atoms with Gasteiger partial charge in [0, 0.05) is 12.1 Å². The van der Waals surface area contributed by atoms with Gasteiger partial charge in [-0.25, -0.2) is 0 Å². The Bertz CT molecular complexity index is 510. The number of aromatic nitrogens is 4. The number of halogens is 3. The molecule has 86 valence electrons. The zero-order chi connectivity index (χ0) is 11.9. The number of alkyl halides is 3. The molecule has 0 aliphatic heterocycles. The molecular formula is C8H8F3N5. The van der Waals surface area contributed by atoms with Crippen LogP contribution in [0.5, 0.6) is 0 Å². The fraction of sp³-hybridized carbons (Fsp3) is 0.250. The van der Waals surface area contributed by atoms with Gasteiger partial charge < -0.3 is 5.73 Å². The number of aromatic amines is 1. The Morgan fingerprint density at radius 3 is 2.50 bits per heavy atom. The van der Waals surface area contributed by atoms with E-state index in [0.29, 0.717) is 5.69 Å². The van der Waals surface area contributed by atoms with Gasteiger partial charge in [0.1, 0.15) is 11.5 Å². The van der Waals surface area contributed by atoms with Crippen LogP contribution >= 0.6 is 0 Å². The van der Waals surface area contributed by atoms with Crippen molar-refractivity contribution in [1.29, 1.82) is 0 Å². The van der Waals surface area contributed by atoms with Crippen LogP contribution in [-0.4, -0.2) is 20.0 Å². The molecule has 3 N–H and O–H groups in total. The molecule has 0 saturated heterocycles. The Morgan fingerprint density at radius 2 is 2.06 bits per heavy atom. The number of nitrogens with zero attached hydrogens (tertiary/aromatic N) is 3. The van der Waals surface area contributed by atoms with Gasteiger partial charge in [-0.1, -0.05) is 0 Å². The average Bonchev–Trinajstić information content (AvgIpc) is 2.70. The van der Waals surface area contributed by atoms with Crippen molar-refractivity contribution in [2.24, 2.45) is 0 Å². The van der Waals surface area contributed by atoms with Crippen LogP contribution in [0, 0.1) is 6.92 Å². The molecule has 0 fully saturated rings. The van der Waals surface area contributed by atoms with Gasteiger partial charge in [-0.2, -0.15) is 28.1 Å². The maximum Gasteiger partial charge on any atom is 0.432 e. The summed E-state index contributed by atoms with van der Waals surface area (Å²) in [5, 5.41) is 9.31. The van der Waals surface area contributed by atoms with E-state index in [4.69, 9.17) is 5.73 Å². The van der Waals surface area contributed by atoms with Crippen molar-refractivity contribution in [2.75, 3.05) is 5.73 Å². The van der Waals surface area contributed by atoms with E-state index in [-0.39, 0.29) is 11.6 Å². The number of nitrogen functional groups attached to an aromatic ring is 1. The summed E-state index contributed by atoms with van der Waals surface area (Å²) in [6.45, 7) is 1.68. The predicted octanol–water partition coefficient (Wildman–Crippen LogP) is 1.50. The van der Waals surface area contributed by atoms with Gasteiger partial charge in [0.05, 0.1) is 5.69 Å². The molecule has 0 aliphatic carbocycles. The van der Waals surface area contributed by atoms with Crippen LogP contribution in [0.3, 0.4) is 0 Å². The minimum absolute atomic E-state index is 0.0120. The van der Waals surface area contributed by atoms with Gasteiger partial charge in [0.25, 0.3) is 0 Å². The normalized spacial score (nSPS) is 12.0. The Morgan fingerprint density at radius 1 is 1.38 bits per heavy atom. The highest BCUT2D eigenvalue weighted by molar-refractivity contribution is 5.39. The molecule has 0 amide bonds. The van der Waals surface area contributed by atoms with Crippen molar-refractivity contribution in [3.8, 4) is 5.82 Å². The van der Waals surface area contributed by atoms with Gasteiger partial charge in [0.2, 0.25) is 0 Å². The number of rotatable bonds is 1. The summed E-state index contributed by atoms with van der Waals surface area (Å²) in [4.78, 5) is 0. The zero-order valence-electron chi connectivity index (χ0n) is 8.21. The standard InChI is InChI=1S/C8H8F3N5/c1-4-2-6(12)16(15-4)7-3-5(13-14-7)8(9,10)11/h2-3H,12H2,1H3,(H,13,14). The molecule has 5 nitrogen and oxygen atoms in total. The minimum Gasteiger partial charge on any atom is -0.384 e. The van der Waals surface area contributed by atoms with Crippen molar-refractivity contribution in [1.82, 2.24) is 20.0 Å². The Hall–Kier alpha value is -1.99. The van der Waals surface area contributed by atoms with E-state index in [1.54, 1.807) is 13.0 Å². The van der Waals surface area contributed by atoms with Gasteiger partial charge >= 0.3 is 6.18 Å². The number of nitrogens with two attached hydrogens (primary N) is 1. The fourth-order valence-corrected chi connectivity index (χ4v) is 1.27. The summed E-state index contributed by atoms with van der Waals surface area (Å²) in [5.74, 6) is 0.246. The van der Waals surface area contributed by atoms with E-state index in [9.17, 15) is 13.2 Å². The van der Waals surface area contributed by atoms with Crippen LogP contribution in [-0.2, 0) is 6.18 Å². The van der Waals surface area contributed by atoms with Crippen LogP contribution in [0.25, 0.3) is 5.82 Å². The predicted molar refractivity (Wildman–Crippen MR) is 49.9 cm³/mol. The van der Waals surface area contributed by atoms with Gasteiger partial charge in [-0.05, 0) is 6.92 Å². The van der Waals surface area contributed by atoms with Gasteiger partial charge in [-0.3, -0.25) is 5.10 Å². The fourth-order valence-electron chi connectivity index (χ4n) is 1.27. The average molecular weight is 231 g/mol. The third-order valence-electron chi connectivity index (χ3n) is 1.95. The van der Waals surface area contributed by atoms with E-state index in [2.05, 4.69) is 10.2 Å². The molecule has 0 aromatic carbocycles. The van der Waals surface area contributed by atoms with E-state index >= 15 is 0 Å². The lowest BCUT2D eigenvalue weighted by atomic mass is 10.4. The van der Waals surface area contributed by atoms with E-state index < -0.39 is 11.9 Å². The number of hydrogen-bond acceptors (Lipinski definition) is 3. The lowest BCUT2D eigenvalue weighted by molar-refractivity contribution is -0.141. The van der Waals surface area contributed by atoms with Crippen molar-refractivity contribution in [3.63, 3.8) is 0 Å². The summed E-state index contributed by atoms with van der Waals surface area (Å²) in [6.07, 6.45) is -4.46. The lowest BCUT2D eigenvalue weighted by Crippen LogP contribution is -2.05. The Labute approximate surface area is 88.1 Å². The number of anilines is 1. The molecule has 0 bridgehead atoms. The topological polar surface area (TPSA) is 72.5 Å². The first kappa shape index (κ1) is 10.5. The minimum atomic E-state index is -4.46. The van der Waals surface area contributed by atoms with E-state index in [0.717, 1.165) is 10.7 Å². The molecule has 0 aliphatic rings. The maximum atomic E-state index is 12.3. The molecule has 0 spiro atoms. The Balaban J connectivity index is 2.43. The zero-order valence-corrected chi connectivity index (χ0v) is 8.21. The molecule has 0 saturated carbocycles. The van der Waals surface area contributed by atoms with Crippen LogP contribution in [0.2, 0.25) is 0 Å². The summed E-state index contributed by atoms with van der Waals surface area (Å²) < 4.78 is 38.0. The number of aryl methyl sites for hydroxylation is 1.